The van der Waals surface area contributed by atoms with E-state index in [1.165, 1.54) is 0 Å². The van der Waals surface area contributed by atoms with Gasteiger partial charge in [-0.25, -0.2) is 15.0 Å². The molecule has 0 unspecified atom stereocenters. The number of hydrogen-bond acceptors (Lipinski definition) is 5. The lowest BCUT2D eigenvalue weighted by atomic mass is 10.2. The van der Waals surface area contributed by atoms with Crippen LogP contribution in [0.4, 0.5) is 11.6 Å². The number of nitrogens with zero attached hydrogens (tertiary/aromatic N) is 4. The summed E-state index contributed by atoms with van der Waals surface area (Å²) in [5.41, 5.74) is 4.85. The zero-order valence-electron chi connectivity index (χ0n) is 15.1. The average molecular weight is 337 g/mol. The van der Waals surface area contributed by atoms with Crippen molar-refractivity contribution in [3.05, 3.63) is 53.9 Å². The molecule has 6 nitrogen and oxygen atoms in total. The fraction of sp³-hybridized carbons (Fsp3) is 0.316. The predicted molar refractivity (Wildman–Crippen MR) is 98.9 cm³/mol. The molecule has 0 radical (unpaired) electrons. The molecule has 0 fully saturated rings. The van der Waals surface area contributed by atoms with Gasteiger partial charge in [-0.2, -0.15) is 0 Å². The standard InChI is InChI=1S/C19H23N5O/c1-5-14-9-15(6-2)22-19(21-14)23-16-7-8-17(18(10-16)25-4)24-11-13(3)20-12-24/h7-12H,5-6H2,1-4H3,(H,21,22,23). The van der Waals surface area contributed by atoms with Gasteiger partial charge >= 0.3 is 0 Å². The van der Waals surface area contributed by atoms with Gasteiger partial charge in [0.15, 0.2) is 0 Å². The first-order valence-corrected chi connectivity index (χ1v) is 8.45. The van der Waals surface area contributed by atoms with Crippen molar-refractivity contribution in [2.45, 2.75) is 33.6 Å². The van der Waals surface area contributed by atoms with Crippen LogP contribution in [0.15, 0.2) is 36.8 Å². The first-order valence-electron chi connectivity index (χ1n) is 8.45. The molecule has 2 aromatic heterocycles. The van der Waals surface area contributed by atoms with Crippen molar-refractivity contribution in [1.29, 1.82) is 0 Å². The van der Waals surface area contributed by atoms with E-state index in [9.17, 15) is 0 Å². The third-order valence-corrected chi connectivity index (χ3v) is 3.98. The van der Waals surface area contributed by atoms with Gasteiger partial charge < -0.3 is 14.6 Å². The highest BCUT2D eigenvalue weighted by molar-refractivity contribution is 5.62. The molecule has 0 amide bonds. The number of aryl methyl sites for hydroxylation is 3. The molecule has 0 aliphatic carbocycles. The van der Waals surface area contributed by atoms with E-state index in [2.05, 4.69) is 40.2 Å². The first kappa shape index (κ1) is 17.0. The maximum atomic E-state index is 5.55. The van der Waals surface area contributed by atoms with Crippen molar-refractivity contribution >= 4 is 11.6 Å². The Morgan fingerprint density at radius 3 is 2.36 bits per heavy atom. The summed E-state index contributed by atoms with van der Waals surface area (Å²) in [4.78, 5) is 13.4. The quantitative estimate of drug-likeness (QED) is 0.740. The smallest absolute Gasteiger partial charge is 0.227 e. The number of hydrogen-bond donors (Lipinski definition) is 1. The van der Waals surface area contributed by atoms with E-state index < -0.39 is 0 Å². The van der Waals surface area contributed by atoms with Crippen molar-refractivity contribution in [3.63, 3.8) is 0 Å². The topological polar surface area (TPSA) is 64.9 Å². The third kappa shape index (κ3) is 3.79. The Balaban J connectivity index is 1.91. The van der Waals surface area contributed by atoms with Crippen LogP contribution in [-0.4, -0.2) is 26.6 Å². The van der Waals surface area contributed by atoms with Gasteiger partial charge in [0.05, 0.1) is 24.8 Å². The van der Waals surface area contributed by atoms with Crippen molar-refractivity contribution < 1.29 is 4.74 Å². The molecule has 2 heterocycles. The van der Waals surface area contributed by atoms with Gasteiger partial charge in [0.25, 0.3) is 0 Å². The highest BCUT2D eigenvalue weighted by Gasteiger charge is 2.09. The molecule has 1 N–H and O–H groups in total. The van der Waals surface area contributed by atoms with Gasteiger partial charge in [-0.05, 0) is 38.0 Å². The maximum Gasteiger partial charge on any atom is 0.227 e. The molecular weight excluding hydrogens is 314 g/mol. The third-order valence-electron chi connectivity index (χ3n) is 3.98. The van der Waals surface area contributed by atoms with E-state index in [4.69, 9.17) is 4.74 Å². The number of methoxy groups -OCH3 is 1. The van der Waals surface area contributed by atoms with Gasteiger partial charge in [-0.15, -0.1) is 0 Å². The minimum Gasteiger partial charge on any atom is -0.494 e. The summed E-state index contributed by atoms with van der Waals surface area (Å²) in [6, 6.07) is 7.97. The van der Waals surface area contributed by atoms with Gasteiger partial charge in [0.2, 0.25) is 5.95 Å². The van der Waals surface area contributed by atoms with Crippen molar-refractivity contribution in [3.8, 4) is 11.4 Å². The van der Waals surface area contributed by atoms with Crippen LogP contribution in [0.25, 0.3) is 5.69 Å². The van der Waals surface area contributed by atoms with Crippen LogP contribution < -0.4 is 10.1 Å². The van der Waals surface area contributed by atoms with E-state index in [1.807, 2.05) is 35.9 Å². The van der Waals surface area contributed by atoms with E-state index in [0.717, 1.165) is 47.0 Å². The molecule has 0 saturated heterocycles. The minimum atomic E-state index is 0.615. The van der Waals surface area contributed by atoms with Crippen molar-refractivity contribution in [2.24, 2.45) is 0 Å². The lowest BCUT2D eigenvalue weighted by molar-refractivity contribution is 0.413. The Morgan fingerprint density at radius 1 is 1.08 bits per heavy atom. The maximum absolute atomic E-state index is 5.55. The first-order chi connectivity index (χ1) is 12.1. The molecule has 0 bridgehead atoms. The molecule has 0 spiro atoms. The van der Waals surface area contributed by atoms with Crippen LogP contribution in [0.3, 0.4) is 0 Å². The number of ether oxygens (including phenoxy) is 1. The Labute approximate surface area is 147 Å². The molecule has 0 atom stereocenters. The average Bonchev–Trinajstić information content (AvgIpc) is 3.07. The molecular formula is C19H23N5O. The van der Waals surface area contributed by atoms with Crippen LogP contribution in [0.1, 0.15) is 30.9 Å². The number of aromatic nitrogens is 4. The second-order valence-electron chi connectivity index (χ2n) is 5.82. The fourth-order valence-electron chi connectivity index (χ4n) is 2.62. The van der Waals surface area contributed by atoms with Crippen LogP contribution in [-0.2, 0) is 12.8 Å². The zero-order chi connectivity index (χ0) is 17.8. The molecule has 25 heavy (non-hydrogen) atoms. The number of rotatable bonds is 6. The molecule has 130 valence electrons. The minimum absolute atomic E-state index is 0.615. The molecule has 3 aromatic rings. The van der Waals surface area contributed by atoms with E-state index in [1.54, 1.807) is 13.4 Å². The molecule has 6 heteroatoms. The van der Waals surface area contributed by atoms with Crippen LogP contribution in [0, 0.1) is 6.92 Å². The van der Waals surface area contributed by atoms with Crippen molar-refractivity contribution in [2.75, 3.05) is 12.4 Å². The van der Waals surface area contributed by atoms with E-state index >= 15 is 0 Å². The molecule has 1 aromatic carbocycles. The summed E-state index contributed by atoms with van der Waals surface area (Å²) in [6.07, 6.45) is 5.51. The monoisotopic (exact) mass is 337 g/mol. The summed E-state index contributed by atoms with van der Waals surface area (Å²) in [5.74, 6) is 1.37. The normalized spacial score (nSPS) is 10.7. The second-order valence-corrected chi connectivity index (χ2v) is 5.82. The number of anilines is 2. The summed E-state index contributed by atoms with van der Waals surface area (Å²) < 4.78 is 7.49. The van der Waals surface area contributed by atoms with Crippen LogP contribution >= 0.6 is 0 Å². The Kier molecular flexibility index (Phi) is 4.97. The summed E-state index contributed by atoms with van der Waals surface area (Å²) in [7, 11) is 1.66. The molecule has 3 rings (SSSR count). The van der Waals surface area contributed by atoms with E-state index in [-0.39, 0.29) is 0 Å². The predicted octanol–water partition coefficient (Wildman–Crippen LogP) is 3.85. The Morgan fingerprint density at radius 2 is 1.80 bits per heavy atom. The van der Waals surface area contributed by atoms with Gasteiger partial charge in [0.1, 0.15) is 5.75 Å². The molecule has 0 saturated carbocycles. The van der Waals surface area contributed by atoms with E-state index in [0.29, 0.717) is 5.95 Å². The summed E-state index contributed by atoms with van der Waals surface area (Å²) in [5, 5.41) is 3.28. The van der Waals surface area contributed by atoms with Crippen molar-refractivity contribution in [1.82, 2.24) is 19.5 Å². The number of nitrogens with one attached hydrogen (secondary N) is 1. The summed E-state index contributed by atoms with van der Waals surface area (Å²) in [6.45, 7) is 6.15. The number of benzene rings is 1. The second kappa shape index (κ2) is 7.34. The lowest BCUT2D eigenvalue weighted by Crippen LogP contribution is -2.04. The highest BCUT2D eigenvalue weighted by Crippen LogP contribution is 2.28. The fourth-order valence-corrected chi connectivity index (χ4v) is 2.62. The largest absolute Gasteiger partial charge is 0.494 e. The van der Waals surface area contributed by atoms with Gasteiger partial charge in [-0.1, -0.05) is 13.8 Å². The highest BCUT2D eigenvalue weighted by atomic mass is 16.5. The Bertz CT molecular complexity index is 850. The molecule has 0 aliphatic heterocycles. The lowest BCUT2D eigenvalue weighted by Gasteiger charge is -2.13. The summed E-state index contributed by atoms with van der Waals surface area (Å²) >= 11 is 0. The van der Waals surface area contributed by atoms with Gasteiger partial charge in [-0.3, -0.25) is 0 Å². The Hall–Kier alpha value is -2.89. The molecule has 0 aliphatic rings. The number of imidazole rings is 1. The van der Waals surface area contributed by atoms with Crippen LogP contribution in [0.5, 0.6) is 5.75 Å². The van der Waals surface area contributed by atoms with Gasteiger partial charge in [0, 0.05) is 29.3 Å². The zero-order valence-corrected chi connectivity index (χ0v) is 15.1. The van der Waals surface area contributed by atoms with Crippen LogP contribution in [0.2, 0.25) is 0 Å². The SMILES string of the molecule is CCc1cc(CC)nc(Nc2ccc(-n3cnc(C)c3)c(OC)c2)n1.